The van der Waals surface area contributed by atoms with E-state index in [1.165, 1.54) is 37.1 Å². The first kappa shape index (κ1) is 18.0. The Kier molecular flexibility index (Phi) is 7.06. The van der Waals surface area contributed by atoms with Gasteiger partial charge >= 0.3 is 5.97 Å². The fourth-order valence-corrected chi connectivity index (χ4v) is 3.50. The van der Waals surface area contributed by atoms with E-state index in [-0.39, 0.29) is 12.4 Å². The second-order valence-electron chi connectivity index (χ2n) is 6.34. The van der Waals surface area contributed by atoms with Gasteiger partial charge in [-0.15, -0.1) is 0 Å². The van der Waals surface area contributed by atoms with Crippen LogP contribution in [0.15, 0.2) is 18.2 Å². The molecule has 0 radical (unpaired) electrons. The van der Waals surface area contributed by atoms with Crippen LogP contribution in [-0.4, -0.2) is 36.5 Å². The minimum atomic E-state index is -0.235. The van der Waals surface area contributed by atoms with Gasteiger partial charge in [0.2, 0.25) is 0 Å². The molecule has 0 saturated carbocycles. The van der Waals surface area contributed by atoms with E-state index in [1.807, 2.05) is 12.1 Å². The Morgan fingerprint density at radius 2 is 2.04 bits per heavy atom. The summed E-state index contributed by atoms with van der Waals surface area (Å²) < 4.78 is 5.51. The van der Waals surface area contributed by atoms with Gasteiger partial charge < -0.3 is 15.4 Å². The molecule has 1 unspecified atom stereocenters. The van der Waals surface area contributed by atoms with E-state index >= 15 is 0 Å². The van der Waals surface area contributed by atoms with Gasteiger partial charge in [0.15, 0.2) is 0 Å². The molecule has 1 aromatic carbocycles. The van der Waals surface area contributed by atoms with Crippen molar-refractivity contribution >= 4 is 5.97 Å². The molecule has 0 saturated heterocycles. The quantitative estimate of drug-likeness (QED) is 0.591. The summed E-state index contributed by atoms with van der Waals surface area (Å²) in [7, 11) is 0. The number of hydrogen-bond donors (Lipinski definition) is 1. The van der Waals surface area contributed by atoms with Crippen LogP contribution >= 0.6 is 0 Å². The number of fused-ring (bicyclic) bond motifs is 1. The molecule has 0 heterocycles. The van der Waals surface area contributed by atoms with Crippen molar-refractivity contribution in [3.63, 3.8) is 0 Å². The zero-order valence-electron chi connectivity index (χ0n) is 14.5. The Morgan fingerprint density at radius 1 is 1.30 bits per heavy atom. The Bertz CT molecular complexity index is 510. The minimum Gasteiger partial charge on any atom is -0.426 e. The second kappa shape index (κ2) is 9.04. The molecule has 0 aromatic heterocycles. The van der Waals surface area contributed by atoms with Gasteiger partial charge in [0.05, 0.1) is 6.42 Å². The van der Waals surface area contributed by atoms with Crippen molar-refractivity contribution in [1.29, 1.82) is 0 Å². The van der Waals surface area contributed by atoms with Crippen LogP contribution in [0.2, 0.25) is 0 Å². The van der Waals surface area contributed by atoms with E-state index in [1.54, 1.807) is 0 Å². The summed E-state index contributed by atoms with van der Waals surface area (Å²) in [5, 5.41) is 0. The van der Waals surface area contributed by atoms with E-state index in [0.717, 1.165) is 25.0 Å². The average Bonchev–Trinajstić information content (AvgIpc) is 2.54. The van der Waals surface area contributed by atoms with Crippen LogP contribution in [0.1, 0.15) is 50.7 Å². The zero-order valence-corrected chi connectivity index (χ0v) is 14.5. The van der Waals surface area contributed by atoms with Gasteiger partial charge in [0.1, 0.15) is 5.75 Å². The topological polar surface area (TPSA) is 55.6 Å². The van der Waals surface area contributed by atoms with Crippen molar-refractivity contribution < 1.29 is 9.53 Å². The van der Waals surface area contributed by atoms with Gasteiger partial charge in [-0.1, -0.05) is 26.0 Å². The normalized spacial score (nSPS) is 17.1. The molecule has 1 atom stereocenters. The molecule has 0 bridgehead atoms. The number of benzene rings is 1. The summed E-state index contributed by atoms with van der Waals surface area (Å²) in [5.41, 5.74) is 7.96. The molecule has 0 spiro atoms. The first-order valence-corrected chi connectivity index (χ1v) is 8.95. The third kappa shape index (κ3) is 4.79. The first-order valence-electron chi connectivity index (χ1n) is 8.95. The SMILES string of the molecule is CCCN(CCC)C1CCc2c(cccc2OC(=O)CCN)C1. The highest BCUT2D eigenvalue weighted by molar-refractivity contribution is 5.73. The van der Waals surface area contributed by atoms with Crippen molar-refractivity contribution in [2.45, 2.75) is 58.4 Å². The maximum absolute atomic E-state index is 11.7. The maximum Gasteiger partial charge on any atom is 0.312 e. The number of hydrogen-bond acceptors (Lipinski definition) is 4. The molecule has 2 rings (SSSR count). The number of ether oxygens (including phenoxy) is 1. The van der Waals surface area contributed by atoms with Crippen molar-refractivity contribution in [1.82, 2.24) is 4.90 Å². The summed E-state index contributed by atoms with van der Waals surface area (Å²) in [6, 6.07) is 6.69. The van der Waals surface area contributed by atoms with Gasteiger partial charge in [-0.05, 0) is 62.4 Å². The summed E-state index contributed by atoms with van der Waals surface area (Å²) in [5.74, 6) is 0.499. The lowest BCUT2D eigenvalue weighted by molar-refractivity contribution is -0.134. The molecular formula is C19H30N2O2. The van der Waals surface area contributed by atoms with Gasteiger partial charge in [-0.3, -0.25) is 4.79 Å². The van der Waals surface area contributed by atoms with Crippen LogP contribution in [-0.2, 0) is 17.6 Å². The summed E-state index contributed by atoms with van der Waals surface area (Å²) in [6.45, 7) is 7.15. The lowest BCUT2D eigenvalue weighted by Crippen LogP contribution is -2.40. The third-order valence-electron chi connectivity index (χ3n) is 4.52. The second-order valence-corrected chi connectivity index (χ2v) is 6.34. The lowest BCUT2D eigenvalue weighted by Gasteiger charge is -2.35. The smallest absolute Gasteiger partial charge is 0.312 e. The molecule has 23 heavy (non-hydrogen) atoms. The van der Waals surface area contributed by atoms with E-state index in [2.05, 4.69) is 24.8 Å². The Hall–Kier alpha value is -1.39. The summed E-state index contributed by atoms with van der Waals surface area (Å²) >= 11 is 0. The predicted molar refractivity (Wildman–Crippen MR) is 93.7 cm³/mol. The standard InChI is InChI=1S/C19H30N2O2/c1-3-12-21(13-4-2)16-8-9-17-15(14-16)6-5-7-18(17)23-19(22)10-11-20/h5-7,16H,3-4,8-14,20H2,1-2H3. The maximum atomic E-state index is 11.7. The summed E-state index contributed by atoms with van der Waals surface area (Å²) in [4.78, 5) is 14.4. The Labute approximate surface area is 140 Å². The van der Waals surface area contributed by atoms with E-state index < -0.39 is 0 Å². The van der Waals surface area contributed by atoms with Gasteiger partial charge in [0.25, 0.3) is 0 Å². The molecule has 1 aliphatic rings. The van der Waals surface area contributed by atoms with Gasteiger partial charge in [-0.25, -0.2) is 0 Å². The monoisotopic (exact) mass is 318 g/mol. The van der Waals surface area contributed by atoms with Crippen molar-refractivity contribution in [3.05, 3.63) is 29.3 Å². The van der Waals surface area contributed by atoms with Crippen molar-refractivity contribution in [2.24, 2.45) is 5.73 Å². The van der Waals surface area contributed by atoms with Crippen LogP contribution < -0.4 is 10.5 Å². The largest absolute Gasteiger partial charge is 0.426 e. The fourth-order valence-electron chi connectivity index (χ4n) is 3.50. The first-order chi connectivity index (χ1) is 11.2. The van der Waals surface area contributed by atoms with Crippen LogP contribution in [0.4, 0.5) is 0 Å². The molecule has 128 valence electrons. The summed E-state index contributed by atoms with van der Waals surface area (Å²) in [6.07, 6.45) is 5.83. The number of nitrogens with zero attached hydrogens (tertiary/aromatic N) is 1. The van der Waals surface area contributed by atoms with Gasteiger partial charge in [-0.2, -0.15) is 0 Å². The molecule has 0 fully saturated rings. The Balaban J connectivity index is 2.10. The highest BCUT2D eigenvalue weighted by Crippen LogP contribution is 2.31. The predicted octanol–water partition coefficient (Wildman–Crippen LogP) is 2.92. The van der Waals surface area contributed by atoms with Gasteiger partial charge in [0, 0.05) is 12.6 Å². The molecule has 4 nitrogen and oxygen atoms in total. The lowest BCUT2D eigenvalue weighted by atomic mass is 9.86. The molecular weight excluding hydrogens is 288 g/mol. The Morgan fingerprint density at radius 3 is 2.70 bits per heavy atom. The van der Waals surface area contributed by atoms with E-state index in [4.69, 9.17) is 10.5 Å². The molecule has 2 N–H and O–H groups in total. The molecule has 1 aromatic rings. The molecule has 0 amide bonds. The highest BCUT2D eigenvalue weighted by Gasteiger charge is 2.25. The van der Waals surface area contributed by atoms with Crippen molar-refractivity contribution in [3.8, 4) is 5.75 Å². The zero-order chi connectivity index (χ0) is 16.7. The fraction of sp³-hybridized carbons (Fsp3) is 0.632. The van der Waals surface area contributed by atoms with E-state index in [0.29, 0.717) is 12.6 Å². The van der Waals surface area contributed by atoms with Crippen LogP contribution in [0.3, 0.4) is 0 Å². The number of carbonyl (C=O) groups excluding carboxylic acids is 1. The third-order valence-corrected chi connectivity index (χ3v) is 4.52. The number of nitrogens with two attached hydrogens (primary N) is 1. The van der Waals surface area contributed by atoms with Crippen LogP contribution in [0.25, 0.3) is 0 Å². The minimum absolute atomic E-state index is 0.235. The van der Waals surface area contributed by atoms with Crippen LogP contribution in [0.5, 0.6) is 5.75 Å². The van der Waals surface area contributed by atoms with Crippen molar-refractivity contribution in [2.75, 3.05) is 19.6 Å². The number of rotatable bonds is 8. The average molecular weight is 318 g/mol. The molecule has 4 heteroatoms. The van der Waals surface area contributed by atoms with Crippen LogP contribution in [0, 0.1) is 0 Å². The van der Waals surface area contributed by atoms with E-state index in [9.17, 15) is 4.79 Å². The molecule has 1 aliphatic carbocycles. The number of esters is 1. The highest BCUT2D eigenvalue weighted by atomic mass is 16.5. The number of carbonyl (C=O) groups is 1. The molecule has 0 aliphatic heterocycles.